The summed E-state index contributed by atoms with van der Waals surface area (Å²) in [6.07, 6.45) is 3.21. The second-order valence-corrected chi connectivity index (χ2v) is 7.36. The third kappa shape index (κ3) is 2.11. The predicted molar refractivity (Wildman–Crippen MR) is 69.6 cm³/mol. The first-order chi connectivity index (χ1) is 7.92. The average Bonchev–Trinajstić information content (AvgIpc) is 3.08. The number of rotatable bonds is 4. The predicted octanol–water partition coefficient (Wildman–Crippen LogP) is 1.61. The third-order valence-corrected chi connectivity index (χ3v) is 5.72. The molecule has 1 fully saturated rings. The third-order valence-electron chi connectivity index (χ3n) is 3.98. The minimum atomic E-state index is -3.01. The van der Waals surface area contributed by atoms with E-state index in [4.69, 9.17) is 5.73 Å². The normalized spacial score (nSPS) is 19.9. The Morgan fingerprint density at radius 1 is 1.35 bits per heavy atom. The highest BCUT2D eigenvalue weighted by Gasteiger charge is 2.53. The first-order valence-electron chi connectivity index (χ1n) is 5.89. The number of hydrogen-bond acceptors (Lipinski definition) is 3. The Hall–Kier alpha value is -0.870. The topological polar surface area (TPSA) is 60.2 Å². The molecule has 0 aromatic heterocycles. The molecular weight excluding hydrogens is 234 g/mol. The van der Waals surface area contributed by atoms with Gasteiger partial charge >= 0.3 is 0 Å². The second kappa shape index (κ2) is 4.10. The van der Waals surface area contributed by atoms with Gasteiger partial charge < -0.3 is 5.73 Å². The molecule has 4 heteroatoms. The van der Waals surface area contributed by atoms with Gasteiger partial charge in [-0.15, -0.1) is 0 Å². The fourth-order valence-electron chi connectivity index (χ4n) is 2.62. The maximum Gasteiger partial charge on any atom is 0.150 e. The highest BCUT2D eigenvalue weighted by Crippen LogP contribution is 2.53. The molecule has 0 amide bonds. The van der Waals surface area contributed by atoms with Crippen LogP contribution in [0.2, 0.25) is 0 Å². The molecule has 1 atom stereocenters. The number of sulfone groups is 1. The molecule has 1 aliphatic rings. The maximum atomic E-state index is 11.8. The van der Waals surface area contributed by atoms with Crippen molar-refractivity contribution in [2.24, 2.45) is 5.73 Å². The Morgan fingerprint density at radius 2 is 1.94 bits per heavy atom. The molecule has 94 valence electrons. The Morgan fingerprint density at radius 3 is 2.41 bits per heavy atom. The van der Waals surface area contributed by atoms with Gasteiger partial charge in [-0.2, -0.15) is 0 Å². The van der Waals surface area contributed by atoms with E-state index in [0.717, 1.165) is 24.0 Å². The number of nitrogens with two attached hydrogens (primary N) is 1. The minimum absolute atomic E-state index is 0.191. The van der Waals surface area contributed by atoms with E-state index >= 15 is 0 Å². The largest absolute Gasteiger partial charge is 0.326 e. The van der Waals surface area contributed by atoms with E-state index in [1.807, 2.05) is 31.2 Å². The van der Waals surface area contributed by atoms with Gasteiger partial charge in [0.2, 0.25) is 0 Å². The molecule has 1 saturated carbocycles. The quantitative estimate of drug-likeness (QED) is 0.887. The van der Waals surface area contributed by atoms with Gasteiger partial charge in [-0.25, -0.2) is 8.42 Å². The van der Waals surface area contributed by atoms with Crippen LogP contribution in [0, 0.1) is 0 Å². The van der Waals surface area contributed by atoms with Gasteiger partial charge in [0, 0.05) is 18.2 Å². The van der Waals surface area contributed by atoms with Gasteiger partial charge in [-0.1, -0.05) is 24.3 Å². The molecule has 0 bridgehead atoms. The van der Waals surface area contributed by atoms with Crippen molar-refractivity contribution in [2.75, 3.05) is 6.26 Å². The van der Waals surface area contributed by atoms with Crippen LogP contribution < -0.4 is 5.73 Å². The first-order valence-corrected chi connectivity index (χ1v) is 7.84. The molecular formula is C13H19NO2S. The molecule has 1 aromatic rings. The highest BCUT2D eigenvalue weighted by molar-refractivity contribution is 7.91. The van der Waals surface area contributed by atoms with Gasteiger partial charge in [0.05, 0.1) is 5.25 Å². The van der Waals surface area contributed by atoms with Crippen LogP contribution >= 0.6 is 0 Å². The van der Waals surface area contributed by atoms with Crippen molar-refractivity contribution < 1.29 is 8.42 Å². The van der Waals surface area contributed by atoms with E-state index in [1.165, 1.54) is 6.26 Å². The molecule has 1 unspecified atom stereocenters. The molecule has 2 rings (SSSR count). The van der Waals surface area contributed by atoms with Crippen LogP contribution in [0.25, 0.3) is 0 Å². The van der Waals surface area contributed by atoms with Crippen LogP contribution in [0.3, 0.4) is 0 Å². The van der Waals surface area contributed by atoms with E-state index in [9.17, 15) is 8.42 Å². The van der Waals surface area contributed by atoms with Crippen molar-refractivity contribution in [3.05, 3.63) is 35.4 Å². The zero-order chi connectivity index (χ0) is 12.7. The fourth-order valence-corrected chi connectivity index (χ4v) is 3.81. The molecule has 0 aliphatic heterocycles. The molecule has 1 aliphatic carbocycles. The summed E-state index contributed by atoms with van der Waals surface area (Å²) in [5.74, 6) is 0. The molecule has 0 heterocycles. The number of benzene rings is 1. The molecule has 17 heavy (non-hydrogen) atoms. The van der Waals surface area contributed by atoms with Crippen LogP contribution in [0.4, 0.5) is 0 Å². The lowest BCUT2D eigenvalue weighted by atomic mass is 9.89. The average molecular weight is 253 g/mol. The molecule has 0 spiro atoms. The Balaban J connectivity index is 2.46. The summed E-state index contributed by atoms with van der Waals surface area (Å²) in [6.45, 7) is 2.28. The molecule has 0 radical (unpaired) electrons. The summed E-state index contributed by atoms with van der Waals surface area (Å²) in [6, 6.07) is 7.93. The van der Waals surface area contributed by atoms with Gasteiger partial charge in [0.25, 0.3) is 0 Å². The lowest BCUT2D eigenvalue weighted by Crippen LogP contribution is -2.31. The van der Waals surface area contributed by atoms with E-state index < -0.39 is 9.84 Å². The number of hydrogen-bond donors (Lipinski definition) is 1. The Bertz CT molecular complexity index is 518. The van der Waals surface area contributed by atoms with Gasteiger partial charge in [-0.3, -0.25) is 0 Å². The van der Waals surface area contributed by atoms with Crippen molar-refractivity contribution in [1.29, 1.82) is 0 Å². The van der Waals surface area contributed by atoms with Crippen LogP contribution in [-0.4, -0.2) is 19.9 Å². The van der Waals surface area contributed by atoms with Crippen LogP contribution in [-0.2, 0) is 21.8 Å². The van der Waals surface area contributed by atoms with Crippen molar-refractivity contribution in [2.45, 2.75) is 37.0 Å². The van der Waals surface area contributed by atoms with Gasteiger partial charge in [0.1, 0.15) is 0 Å². The van der Waals surface area contributed by atoms with E-state index in [1.54, 1.807) is 0 Å². The minimum Gasteiger partial charge on any atom is -0.326 e. The molecule has 1 aromatic carbocycles. The molecule has 0 saturated heterocycles. The monoisotopic (exact) mass is 253 g/mol. The summed E-state index contributed by atoms with van der Waals surface area (Å²) in [5.41, 5.74) is 7.74. The van der Waals surface area contributed by atoms with Gasteiger partial charge in [-0.05, 0) is 30.9 Å². The fraction of sp³-hybridized carbons (Fsp3) is 0.538. The smallest absolute Gasteiger partial charge is 0.150 e. The summed E-state index contributed by atoms with van der Waals surface area (Å²) < 4.78 is 23.5. The Labute approximate surface area is 103 Å². The highest BCUT2D eigenvalue weighted by atomic mass is 32.2. The lowest BCUT2D eigenvalue weighted by Gasteiger charge is -2.24. The zero-order valence-electron chi connectivity index (χ0n) is 10.3. The van der Waals surface area contributed by atoms with Crippen molar-refractivity contribution >= 4 is 9.84 Å². The van der Waals surface area contributed by atoms with Crippen molar-refractivity contribution in [1.82, 2.24) is 0 Å². The summed E-state index contributed by atoms with van der Waals surface area (Å²) >= 11 is 0. The molecule has 2 N–H and O–H groups in total. The standard InChI is InChI=1S/C13H19NO2S/c1-10(17(2,15)16)13(7-8-13)12-6-4-3-5-11(12)9-14/h3-6,10H,7-9,14H2,1-2H3. The summed E-state index contributed by atoms with van der Waals surface area (Å²) in [5, 5.41) is -0.331. The molecule has 3 nitrogen and oxygen atoms in total. The van der Waals surface area contributed by atoms with Crippen LogP contribution in [0.5, 0.6) is 0 Å². The Kier molecular flexibility index (Phi) is 3.04. The summed E-state index contributed by atoms with van der Waals surface area (Å²) in [4.78, 5) is 0. The first kappa shape index (κ1) is 12.6. The van der Waals surface area contributed by atoms with E-state index in [-0.39, 0.29) is 10.7 Å². The van der Waals surface area contributed by atoms with Crippen LogP contribution in [0.15, 0.2) is 24.3 Å². The SMILES string of the molecule is CC(C1(c2ccccc2CN)CC1)S(C)(=O)=O. The van der Waals surface area contributed by atoms with E-state index in [2.05, 4.69) is 0 Å². The lowest BCUT2D eigenvalue weighted by molar-refractivity contribution is 0.560. The maximum absolute atomic E-state index is 11.8. The van der Waals surface area contributed by atoms with Crippen LogP contribution in [0.1, 0.15) is 30.9 Å². The van der Waals surface area contributed by atoms with E-state index in [0.29, 0.717) is 6.54 Å². The zero-order valence-corrected chi connectivity index (χ0v) is 11.1. The summed E-state index contributed by atoms with van der Waals surface area (Å²) in [7, 11) is -3.01. The van der Waals surface area contributed by atoms with Crippen molar-refractivity contribution in [3.8, 4) is 0 Å². The second-order valence-electron chi connectivity index (χ2n) is 4.99. The van der Waals surface area contributed by atoms with Crippen molar-refractivity contribution in [3.63, 3.8) is 0 Å². The van der Waals surface area contributed by atoms with Gasteiger partial charge in [0.15, 0.2) is 9.84 Å².